The first-order valence-corrected chi connectivity index (χ1v) is 3.87. The van der Waals surface area contributed by atoms with E-state index in [9.17, 15) is 19.2 Å². The monoisotopic (exact) mass is 232 g/mol. The molecule has 0 spiro atoms. The Morgan fingerprint density at radius 3 is 1.38 bits per heavy atom. The lowest BCUT2D eigenvalue weighted by atomic mass is 9.95. The van der Waals surface area contributed by atoms with Crippen LogP contribution in [-0.2, 0) is 19.2 Å². The highest BCUT2D eigenvalue weighted by atomic mass is 16.4. The molecule has 0 fully saturated rings. The van der Waals surface area contributed by atoms with E-state index in [-0.39, 0.29) is 0 Å². The third-order valence-electron chi connectivity index (χ3n) is 1.73. The number of hydrogen-bond donors (Lipinski definition) is 4. The SMILES string of the molecule is CC(C(=O)O)C(C(=O)O)=C(C(=O)O)C(=O)O. The van der Waals surface area contributed by atoms with E-state index < -0.39 is 40.9 Å². The number of carboxylic acids is 4. The van der Waals surface area contributed by atoms with E-state index in [4.69, 9.17) is 20.4 Å². The summed E-state index contributed by atoms with van der Waals surface area (Å²) in [6, 6.07) is 0. The van der Waals surface area contributed by atoms with E-state index in [0.29, 0.717) is 0 Å². The smallest absolute Gasteiger partial charge is 0.343 e. The van der Waals surface area contributed by atoms with Crippen LogP contribution in [0.2, 0.25) is 0 Å². The Morgan fingerprint density at radius 2 is 1.19 bits per heavy atom. The van der Waals surface area contributed by atoms with Crippen molar-refractivity contribution in [3.8, 4) is 0 Å². The molecule has 8 nitrogen and oxygen atoms in total. The van der Waals surface area contributed by atoms with E-state index >= 15 is 0 Å². The zero-order valence-corrected chi connectivity index (χ0v) is 8.00. The van der Waals surface area contributed by atoms with Crippen LogP contribution in [0.5, 0.6) is 0 Å². The van der Waals surface area contributed by atoms with E-state index in [1.54, 1.807) is 0 Å². The molecule has 0 aliphatic heterocycles. The average Bonchev–Trinajstić information content (AvgIpc) is 2.10. The van der Waals surface area contributed by atoms with Crippen molar-refractivity contribution in [3.05, 3.63) is 11.1 Å². The average molecular weight is 232 g/mol. The maximum absolute atomic E-state index is 10.6. The zero-order valence-electron chi connectivity index (χ0n) is 8.00. The van der Waals surface area contributed by atoms with Gasteiger partial charge in [-0.05, 0) is 6.92 Å². The minimum absolute atomic E-state index is 0.887. The van der Waals surface area contributed by atoms with E-state index in [0.717, 1.165) is 6.92 Å². The van der Waals surface area contributed by atoms with Gasteiger partial charge in [0, 0.05) is 0 Å². The van der Waals surface area contributed by atoms with Gasteiger partial charge in [-0.25, -0.2) is 14.4 Å². The Labute approximate surface area is 88.4 Å². The molecular formula is C8H8O8. The Kier molecular flexibility index (Phi) is 4.18. The summed E-state index contributed by atoms with van der Waals surface area (Å²) < 4.78 is 0. The van der Waals surface area contributed by atoms with Gasteiger partial charge in [0.2, 0.25) is 0 Å². The molecule has 0 bridgehead atoms. The van der Waals surface area contributed by atoms with Gasteiger partial charge in [-0.1, -0.05) is 0 Å². The molecule has 8 heteroatoms. The summed E-state index contributed by atoms with van der Waals surface area (Å²) in [5.74, 6) is -9.26. The van der Waals surface area contributed by atoms with Crippen molar-refractivity contribution in [2.24, 2.45) is 5.92 Å². The van der Waals surface area contributed by atoms with Crippen LogP contribution in [0.1, 0.15) is 6.92 Å². The van der Waals surface area contributed by atoms with Gasteiger partial charge in [0.1, 0.15) is 0 Å². The molecule has 0 saturated heterocycles. The molecule has 0 saturated carbocycles. The molecule has 1 atom stereocenters. The molecule has 0 aromatic heterocycles. The minimum Gasteiger partial charge on any atom is -0.481 e. The molecule has 4 N–H and O–H groups in total. The highest BCUT2D eigenvalue weighted by Crippen LogP contribution is 2.17. The van der Waals surface area contributed by atoms with Crippen LogP contribution < -0.4 is 0 Å². The Bertz CT molecular complexity index is 375. The first kappa shape index (κ1) is 13.6. The fourth-order valence-corrected chi connectivity index (χ4v) is 0.954. The second-order valence-electron chi connectivity index (χ2n) is 2.76. The van der Waals surface area contributed by atoms with Crippen molar-refractivity contribution in [1.82, 2.24) is 0 Å². The van der Waals surface area contributed by atoms with Crippen molar-refractivity contribution < 1.29 is 39.6 Å². The molecule has 0 aliphatic carbocycles. The zero-order chi connectivity index (χ0) is 13.0. The van der Waals surface area contributed by atoms with Crippen LogP contribution in [0.4, 0.5) is 0 Å². The standard InChI is InChI=1S/C8H8O8/c1-2(5(9)10)3(6(11)12)4(7(13)14)8(15)16/h2H,1H3,(H,9,10)(H,11,12)(H,13,14)(H,15,16). The van der Waals surface area contributed by atoms with Gasteiger partial charge >= 0.3 is 23.9 Å². The predicted octanol–water partition coefficient (Wildman–Crippen LogP) is -0.742. The lowest BCUT2D eigenvalue weighted by molar-refractivity contribution is -0.144. The van der Waals surface area contributed by atoms with Crippen molar-refractivity contribution in [1.29, 1.82) is 0 Å². The molecule has 0 heterocycles. The van der Waals surface area contributed by atoms with Gasteiger partial charge < -0.3 is 20.4 Å². The van der Waals surface area contributed by atoms with Crippen LogP contribution in [0, 0.1) is 5.92 Å². The third-order valence-corrected chi connectivity index (χ3v) is 1.73. The molecule has 0 radical (unpaired) electrons. The molecule has 0 amide bonds. The summed E-state index contributed by atoms with van der Waals surface area (Å²) in [5, 5.41) is 34.1. The molecule has 16 heavy (non-hydrogen) atoms. The molecule has 0 aliphatic rings. The Hall–Kier alpha value is -2.38. The summed E-state index contributed by atoms with van der Waals surface area (Å²) in [5.41, 5.74) is -2.63. The van der Waals surface area contributed by atoms with Crippen LogP contribution >= 0.6 is 0 Å². The van der Waals surface area contributed by atoms with E-state index in [1.807, 2.05) is 0 Å². The summed E-state index contributed by atoms with van der Waals surface area (Å²) in [4.78, 5) is 42.2. The normalized spacial score (nSPS) is 11.3. The molecule has 88 valence electrons. The van der Waals surface area contributed by atoms with Gasteiger partial charge in [-0.3, -0.25) is 4.79 Å². The maximum atomic E-state index is 10.6. The van der Waals surface area contributed by atoms with Crippen LogP contribution in [0.15, 0.2) is 11.1 Å². The van der Waals surface area contributed by atoms with Crippen LogP contribution in [0.3, 0.4) is 0 Å². The number of carbonyl (C=O) groups is 4. The molecule has 1 unspecified atom stereocenters. The second-order valence-corrected chi connectivity index (χ2v) is 2.76. The lowest BCUT2D eigenvalue weighted by Crippen LogP contribution is -2.26. The van der Waals surface area contributed by atoms with E-state index in [2.05, 4.69) is 0 Å². The van der Waals surface area contributed by atoms with Crippen molar-refractivity contribution in [2.75, 3.05) is 0 Å². The topological polar surface area (TPSA) is 149 Å². The Balaban J connectivity index is 5.88. The maximum Gasteiger partial charge on any atom is 0.343 e. The van der Waals surface area contributed by atoms with Gasteiger partial charge in [0.05, 0.1) is 11.5 Å². The summed E-state index contributed by atoms with van der Waals surface area (Å²) >= 11 is 0. The lowest BCUT2D eigenvalue weighted by Gasteiger charge is -2.09. The van der Waals surface area contributed by atoms with Gasteiger partial charge in [-0.2, -0.15) is 0 Å². The number of rotatable bonds is 5. The predicted molar refractivity (Wildman–Crippen MR) is 46.7 cm³/mol. The number of carboxylic acid groups (broad SMARTS) is 4. The quantitative estimate of drug-likeness (QED) is 0.275. The fraction of sp³-hybridized carbons (Fsp3) is 0.250. The van der Waals surface area contributed by atoms with Crippen molar-refractivity contribution in [3.63, 3.8) is 0 Å². The first-order chi connectivity index (χ1) is 7.20. The van der Waals surface area contributed by atoms with Crippen LogP contribution in [0.25, 0.3) is 0 Å². The van der Waals surface area contributed by atoms with Crippen LogP contribution in [-0.4, -0.2) is 44.3 Å². The molecule has 0 rings (SSSR count). The number of aliphatic carboxylic acids is 4. The van der Waals surface area contributed by atoms with Crippen molar-refractivity contribution in [2.45, 2.75) is 6.92 Å². The second kappa shape index (κ2) is 4.91. The largest absolute Gasteiger partial charge is 0.481 e. The molecule has 0 aromatic rings. The van der Waals surface area contributed by atoms with Gasteiger partial charge in [0.15, 0.2) is 5.57 Å². The van der Waals surface area contributed by atoms with Gasteiger partial charge in [-0.15, -0.1) is 0 Å². The van der Waals surface area contributed by atoms with Crippen molar-refractivity contribution >= 4 is 23.9 Å². The highest BCUT2D eigenvalue weighted by Gasteiger charge is 2.33. The summed E-state index contributed by atoms with van der Waals surface area (Å²) in [6.45, 7) is 0.887. The Morgan fingerprint density at radius 1 is 0.812 bits per heavy atom. The summed E-state index contributed by atoms with van der Waals surface area (Å²) in [6.07, 6.45) is 0. The molecule has 0 aromatic carbocycles. The van der Waals surface area contributed by atoms with Gasteiger partial charge in [0.25, 0.3) is 0 Å². The first-order valence-electron chi connectivity index (χ1n) is 3.87. The fourth-order valence-electron chi connectivity index (χ4n) is 0.954. The number of hydrogen-bond acceptors (Lipinski definition) is 4. The third kappa shape index (κ3) is 2.80. The highest BCUT2D eigenvalue weighted by molar-refractivity contribution is 6.18. The van der Waals surface area contributed by atoms with E-state index in [1.165, 1.54) is 0 Å². The minimum atomic E-state index is -2.00. The summed E-state index contributed by atoms with van der Waals surface area (Å²) in [7, 11) is 0. The molecular weight excluding hydrogens is 224 g/mol.